The van der Waals surface area contributed by atoms with Crippen LogP contribution < -0.4 is 14.8 Å². The molecule has 3 aromatic rings. The molecule has 0 fully saturated rings. The van der Waals surface area contributed by atoms with Crippen molar-refractivity contribution in [3.63, 3.8) is 0 Å². The first kappa shape index (κ1) is 25.5. The van der Waals surface area contributed by atoms with Gasteiger partial charge in [-0.2, -0.15) is 14.6 Å². The molecule has 0 atom stereocenters. The molecule has 0 saturated carbocycles. The van der Waals surface area contributed by atoms with Gasteiger partial charge in [-0.3, -0.25) is 10.1 Å². The zero-order chi connectivity index (χ0) is 24.9. The molecule has 9 nitrogen and oxygen atoms in total. The lowest BCUT2D eigenvalue weighted by Crippen LogP contribution is -2.13. The molecule has 34 heavy (non-hydrogen) atoms. The first-order chi connectivity index (χ1) is 16.1. The van der Waals surface area contributed by atoms with Crippen LogP contribution in [-0.2, 0) is 21.2 Å². The van der Waals surface area contributed by atoms with Crippen LogP contribution >= 0.6 is 34.7 Å². The molecule has 2 aromatic carbocycles. The summed E-state index contributed by atoms with van der Waals surface area (Å²) in [4.78, 5) is 16.2. The number of nitrogens with zero attached hydrogens (tertiary/aromatic N) is 3. The van der Waals surface area contributed by atoms with E-state index >= 15 is 0 Å². The van der Waals surface area contributed by atoms with Gasteiger partial charge in [-0.1, -0.05) is 35.3 Å². The predicted octanol–water partition coefficient (Wildman–Crippen LogP) is 4.38. The molecule has 0 aliphatic carbocycles. The Kier molecular flexibility index (Phi) is 8.11. The Bertz CT molecular complexity index is 1410. The standard InChI is InChI=1S/C21H16Cl2N4O5S2/c1-31-18-9-12(4-6-17(18)32-11-13-3-5-15(22)16(23)8-13)7-14(10-24)19(28)25-20-26-21(27-33-20)34(2,29)30/h3-9H,11H2,1-2H3,(H,25,26,27,28). The first-order valence-corrected chi connectivity index (χ1v) is 12.7. The molecule has 0 saturated heterocycles. The van der Waals surface area contributed by atoms with Crippen molar-refractivity contribution < 1.29 is 22.7 Å². The molecule has 176 valence electrons. The first-order valence-electron chi connectivity index (χ1n) is 9.32. The molecular weight excluding hydrogens is 523 g/mol. The summed E-state index contributed by atoms with van der Waals surface area (Å²) in [5.41, 5.74) is 1.07. The highest BCUT2D eigenvalue weighted by molar-refractivity contribution is 7.90. The number of halogens is 2. The van der Waals surface area contributed by atoms with Crippen LogP contribution in [0.3, 0.4) is 0 Å². The quantitative estimate of drug-likeness (QED) is 0.330. The SMILES string of the molecule is COc1cc(C=C(C#N)C(=O)Nc2nc(S(C)(=O)=O)ns2)ccc1OCc1ccc(Cl)c(Cl)c1. The number of benzene rings is 2. The summed E-state index contributed by atoms with van der Waals surface area (Å²) in [6.45, 7) is 0.214. The Morgan fingerprint density at radius 2 is 1.97 bits per heavy atom. The lowest BCUT2D eigenvalue weighted by molar-refractivity contribution is -0.112. The molecule has 1 N–H and O–H groups in total. The van der Waals surface area contributed by atoms with E-state index in [4.69, 9.17) is 32.7 Å². The minimum absolute atomic E-state index is 0.0461. The van der Waals surface area contributed by atoms with Crippen molar-refractivity contribution >= 4 is 61.7 Å². The second kappa shape index (κ2) is 10.8. The van der Waals surface area contributed by atoms with E-state index in [1.807, 2.05) is 6.07 Å². The average molecular weight is 539 g/mol. The number of ether oxygens (including phenoxy) is 2. The minimum Gasteiger partial charge on any atom is -0.493 e. The van der Waals surface area contributed by atoms with Gasteiger partial charge >= 0.3 is 0 Å². The van der Waals surface area contributed by atoms with E-state index in [0.717, 1.165) is 11.8 Å². The van der Waals surface area contributed by atoms with Gasteiger partial charge in [0.15, 0.2) is 11.5 Å². The molecule has 0 spiro atoms. The number of aromatic nitrogens is 2. The van der Waals surface area contributed by atoms with Crippen molar-refractivity contribution in [1.29, 1.82) is 5.26 Å². The molecular formula is C21H16Cl2N4O5S2. The molecule has 1 heterocycles. The average Bonchev–Trinajstić information content (AvgIpc) is 3.27. The highest BCUT2D eigenvalue weighted by Gasteiger charge is 2.18. The van der Waals surface area contributed by atoms with Gasteiger partial charge in [0.25, 0.3) is 11.1 Å². The Morgan fingerprint density at radius 1 is 1.21 bits per heavy atom. The largest absolute Gasteiger partial charge is 0.493 e. The zero-order valence-corrected chi connectivity index (χ0v) is 20.8. The maximum Gasteiger partial charge on any atom is 0.268 e. The molecule has 3 rings (SSSR count). The predicted molar refractivity (Wildman–Crippen MR) is 129 cm³/mol. The fraction of sp³-hybridized carbons (Fsp3) is 0.143. The Morgan fingerprint density at radius 3 is 2.59 bits per heavy atom. The summed E-state index contributed by atoms with van der Waals surface area (Å²) in [7, 11) is -2.15. The normalized spacial score (nSPS) is 11.6. The fourth-order valence-corrected chi connectivity index (χ4v) is 4.33. The van der Waals surface area contributed by atoms with Crippen LogP contribution in [0, 0.1) is 11.3 Å². The Hall–Kier alpha value is -3.17. The fourth-order valence-electron chi connectivity index (χ4n) is 2.57. The number of amides is 1. The maximum absolute atomic E-state index is 12.5. The van der Waals surface area contributed by atoms with Crippen molar-refractivity contribution in [3.05, 3.63) is 63.1 Å². The minimum atomic E-state index is -3.61. The topological polar surface area (TPSA) is 131 Å². The van der Waals surface area contributed by atoms with Gasteiger partial charge in [-0.05, 0) is 41.5 Å². The monoisotopic (exact) mass is 538 g/mol. The number of anilines is 1. The second-order valence-corrected chi connectivity index (χ2v) is 10.2. The van der Waals surface area contributed by atoms with Gasteiger partial charge in [0.1, 0.15) is 18.2 Å². The number of carbonyl (C=O) groups is 1. The summed E-state index contributed by atoms with van der Waals surface area (Å²) < 4.78 is 37.8. The third-order valence-corrected chi connectivity index (χ3v) is 6.53. The van der Waals surface area contributed by atoms with Crippen LogP contribution in [0.2, 0.25) is 10.0 Å². The van der Waals surface area contributed by atoms with Gasteiger partial charge in [0, 0.05) is 17.8 Å². The van der Waals surface area contributed by atoms with Crippen molar-refractivity contribution in [2.45, 2.75) is 11.8 Å². The molecule has 0 unspecified atom stereocenters. The van der Waals surface area contributed by atoms with E-state index < -0.39 is 20.9 Å². The third kappa shape index (κ3) is 6.45. The number of carbonyl (C=O) groups excluding carboxylic acids is 1. The van der Waals surface area contributed by atoms with Crippen LogP contribution in [0.1, 0.15) is 11.1 Å². The number of rotatable bonds is 8. The van der Waals surface area contributed by atoms with Crippen LogP contribution in [0.4, 0.5) is 5.13 Å². The van der Waals surface area contributed by atoms with Crippen LogP contribution in [0.5, 0.6) is 11.5 Å². The smallest absolute Gasteiger partial charge is 0.268 e. The van der Waals surface area contributed by atoms with Crippen molar-refractivity contribution in [1.82, 2.24) is 9.36 Å². The molecule has 0 radical (unpaired) electrons. The maximum atomic E-state index is 12.5. The molecule has 0 aliphatic rings. The number of nitriles is 1. The van der Waals surface area contributed by atoms with Crippen LogP contribution in [0.15, 0.2) is 47.1 Å². The molecule has 1 aromatic heterocycles. The van der Waals surface area contributed by atoms with Gasteiger partial charge in [-0.15, -0.1) is 0 Å². The summed E-state index contributed by atoms with van der Waals surface area (Å²) in [6.07, 6.45) is 2.30. The lowest BCUT2D eigenvalue weighted by Gasteiger charge is -2.12. The van der Waals surface area contributed by atoms with E-state index in [2.05, 4.69) is 14.7 Å². The highest BCUT2D eigenvalue weighted by Crippen LogP contribution is 2.30. The number of methoxy groups -OCH3 is 1. The summed E-state index contributed by atoms with van der Waals surface area (Å²) in [6, 6.07) is 11.8. The van der Waals surface area contributed by atoms with Gasteiger partial charge in [0.05, 0.1) is 17.2 Å². The van der Waals surface area contributed by atoms with E-state index in [1.54, 1.807) is 36.4 Å². The third-order valence-electron chi connectivity index (χ3n) is 4.20. The molecule has 13 heteroatoms. The molecule has 0 aliphatic heterocycles. The van der Waals surface area contributed by atoms with Gasteiger partial charge in [0.2, 0.25) is 15.0 Å². The second-order valence-electron chi connectivity index (χ2n) is 6.73. The van der Waals surface area contributed by atoms with Gasteiger partial charge < -0.3 is 9.47 Å². The molecule has 0 bridgehead atoms. The van der Waals surface area contributed by atoms with E-state index in [1.165, 1.54) is 13.2 Å². The lowest BCUT2D eigenvalue weighted by atomic mass is 10.1. The van der Waals surface area contributed by atoms with Crippen LogP contribution in [0.25, 0.3) is 6.08 Å². The van der Waals surface area contributed by atoms with E-state index in [0.29, 0.717) is 38.6 Å². The summed E-state index contributed by atoms with van der Waals surface area (Å²) in [5, 5.41) is 12.2. The van der Waals surface area contributed by atoms with Crippen molar-refractivity contribution in [2.24, 2.45) is 0 Å². The summed E-state index contributed by atoms with van der Waals surface area (Å²) in [5.74, 6) is 0.0573. The summed E-state index contributed by atoms with van der Waals surface area (Å²) >= 11 is 12.6. The zero-order valence-electron chi connectivity index (χ0n) is 17.7. The van der Waals surface area contributed by atoms with E-state index in [9.17, 15) is 18.5 Å². The Balaban J connectivity index is 1.75. The van der Waals surface area contributed by atoms with E-state index in [-0.39, 0.29) is 17.3 Å². The molecule has 1 amide bonds. The Labute approximate surface area is 209 Å². The number of hydrogen-bond acceptors (Lipinski definition) is 9. The van der Waals surface area contributed by atoms with Crippen molar-refractivity contribution in [2.75, 3.05) is 18.7 Å². The van der Waals surface area contributed by atoms with Crippen molar-refractivity contribution in [3.8, 4) is 17.6 Å². The van der Waals surface area contributed by atoms with Gasteiger partial charge in [-0.25, -0.2) is 8.42 Å². The van der Waals surface area contributed by atoms with Crippen LogP contribution in [-0.4, -0.2) is 37.0 Å². The number of sulfone groups is 1. The number of nitrogens with one attached hydrogen (secondary N) is 1. The number of hydrogen-bond donors (Lipinski definition) is 1. The highest BCUT2D eigenvalue weighted by atomic mass is 35.5.